The first-order valence-electron chi connectivity index (χ1n) is 13.8. The summed E-state index contributed by atoms with van der Waals surface area (Å²) < 4.78 is 29.2. The second-order valence-electron chi connectivity index (χ2n) is 10.1. The van der Waals surface area contributed by atoms with E-state index >= 15 is 0 Å². The molecular weight excluding hydrogens is 661 g/mol. The van der Waals surface area contributed by atoms with E-state index in [0.29, 0.717) is 11.3 Å². The predicted molar refractivity (Wildman–Crippen MR) is 157 cm³/mol. The Bertz CT molecular complexity index is 1780. The third-order valence-electron chi connectivity index (χ3n) is 6.17. The van der Waals surface area contributed by atoms with Crippen molar-refractivity contribution < 1.29 is 28.6 Å². The van der Waals surface area contributed by atoms with Crippen molar-refractivity contribution in [3.05, 3.63) is 115 Å². The van der Waals surface area contributed by atoms with Crippen LogP contribution in [0.4, 0.5) is 0 Å². The molecule has 6 aromatic rings. The summed E-state index contributed by atoms with van der Waals surface area (Å²) in [6.45, 7) is 6.74. The molecule has 0 amide bonds. The number of aromatic nitrogens is 2. The topological polar surface area (TPSA) is 38.9 Å². The van der Waals surface area contributed by atoms with Crippen LogP contribution in [0.5, 0.6) is 0 Å². The van der Waals surface area contributed by atoms with Crippen molar-refractivity contribution in [1.29, 1.82) is 0 Å². The van der Waals surface area contributed by atoms with Crippen molar-refractivity contribution in [3.63, 3.8) is 0 Å². The summed E-state index contributed by atoms with van der Waals surface area (Å²) >= 11 is 0. The van der Waals surface area contributed by atoms with Gasteiger partial charge in [0.2, 0.25) is 0 Å². The maximum atomic E-state index is 7.68. The molecule has 0 fully saturated rings. The molecule has 0 atom stereocenters. The molecule has 3 heterocycles. The smallest absolute Gasteiger partial charge is 0.120 e. The Hall–Kier alpha value is -3.37. The van der Waals surface area contributed by atoms with E-state index in [1.165, 1.54) is 23.0 Å². The third-order valence-corrected chi connectivity index (χ3v) is 8.18. The van der Waals surface area contributed by atoms with Gasteiger partial charge in [0.25, 0.3) is 0 Å². The molecule has 0 aliphatic carbocycles. The van der Waals surface area contributed by atoms with E-state index < -0.39 is 14.9 Å². The molecule has 38 heavy (non-hydrogen) atoms. The molecule has 0 saturated heterocycles. The van der Waals surface area contributed by atoms with Crippen LogP contribution in [-0.2, 0) is 20.1 Å². The largest absolute Gasteiger partial charge is 0.501 e. The normalized spacial score (nSPS) is 12.6. The summed E-state index contributed by atoms with van der Waals surface area (Å²) in [6.07, 6.45) is 3.40. The molecule has 3 aromatic carbocycles. The van der Waals surface area contributed by atoms with E-state index in [-0.39, 0.29) is 25.7 Å². The Morgan fingerprint density at radius 2 is 1.68 bits per heavy atom. The summed E-state index contributed by atoms with van der Waals surface area (Å²) in [7, 11) is -1.65. The fraction of sp³-hybridized carbons (Fsp3) is 0.152. The number of nitrogens with zero attached hydrogens (tertiary/aromatic N) is 2. The van der Waals surface area contributed by atoms with E-state index in [9.17, 15) is 0 Å². The van der Waals surface area contributed by atoms with Crippen LogP contribution in [0.3, 0.4) is 0 Å². The fourth-order valence-electron chi connectivity index (χ4n) is 4.30. The van der Waals surface area contributed by atoms with Gasteiger partial charge in [0.15, 0.2) is 0 Å². The molecule has 3 nitrogen and oxygen atoms in total. The fourth-order valence-corrected chi connectivity index (χ4v) is 5.80. The first kappa shape index (κ1) is 23.7. The number of para-hydroxylation sites is 1. The first-order valence-corrected chi connectivity index (χ1v) is 15.8. The first-order chi connectivity index (χ1) is 19.0. The Morgan fingerprint density at radius 1 is 0.868 bits per heavy atom. The van der Waals surface area contributed by atoms with Crippen molar-refractivity contribution in [2.75, 3.05) is 0 Å². The molecule has 6 rings (SSSR count). The summed E-state index contributed by atoms with van der Waals surface area (Å²) in [5.41, 5.74) is 6.28. The van der Waals surface area contributed by atoms with Crippen molar-refractivity contribution in [3.8, 4) is 22.5 Å². The van der Waals surface area contributed by atoms with Gasteiger partial charge < -0.3 is 14.4 Å². The Morgan fingerprint density at radius 3 is 2.39 bits per heavy atom. The molecule has 0 aliphatic heterocycles. The van der Waals surface area contributed by atoms with E-state index in [4.69, 9.17) is 8.53 Å². The number of aryl methyl sites for hydroxylation is 2. The third kappa shape index (κ3) is 5.86. The predicted octanol–water partition coefficient (Wildman–Crippen LogP) is 8.16. The zero-order chi connectivity index (χ0) is 28.5. The number of furan rings is 1. The molecule has 3 aromatic heterocycles. The van der Waals surface area contributed by atoms with Crippen LogP contribution in [0.15, 0.2) is 95.7 Å². The maximum absolute atomic E-state index is 7.68. The Labute approximate surface area is 243 Å². The van der Waals surface area contributed by atoms with Gasteiger partial charge >= 0.3 is 0 Å². The van der Waals surface area contributed by atoms with Gasteiger partial charge in [-0.25, -0.2) is 0 Å². The molecule has 0 N–H and O–H groups in total. The zero-order valence-corrected chi connectivity index (χ0v) is 25.2. The van der Waals surface area contributed by atoms with Gasteiger partial charge in [-0.3, -0.25) is 0 Å². The standard InChI is InChI=1S/C21H20NOSi.C12H10N.Ir/c1-14-11-12-22-17(13-14)15-9-10-19(24(2,3)4)20-16-7-5-6-8-18(16)23-21(15)20;1-10-7-8-12(13-9-10)11-5-3-2-4-6-11;/h5-8,10-13H,1-4H3;2-5,7-9H,1H3;/q2*-1;/i1D3;;. The van der Waals surface area contributed by atoms with Crippen LogP contribution >= 0.6 is 0 Å². The van der Waals surface area contributed by atoms with Crippen molar-refractivity contribution >= 4 is 35.2 Å². The zero-order valence-electron chi connectivity index (χ0n) is 24.8. The van der Waals surface area contributed by atoms with Crippen LogP contribution in [0.2, 0.25) is 19.6 Å². The van der Waals surface area contributed by atoms with E-state index in [1.807, 2.05) is 67.7 Å². The van der Waals surface area contributed by atoms with Gasteiger partial charge in [0.05, 0.1) is 5.58 Å². The molecule has 0 unspecified atom stereocenters. The van der Waals surface area contributed by atoms with Gasteiger partial charge in [0, 0.05) is 50.1 Å². The molecule has 5 heteroatoms. The minimum atomic E-state index is -2.18. The van der Waals surface area contributed by atoms with Gasteiger partial charge in [0.1, 0.15) is 5.58 Å². The molecule has 0 aliphatic rings. The second-order valence-corrected chi connectivity index (χ2v) is 15.1. The van der Waals surface area contributed by atoms with Crippen molar-refractivity contribution in [1.82, 2.24) is 9.97 Å². The van der Waals surface area contributed by atoms with Crippen molar-refractivity contribution in [2.45, 2.75) is 33.4 Å². The van der Waals surface area contributed by atoms with Crippen LogP contribution in [0.1, 0.15) is 15.2 Å². The van der Waals surface area contributed by atoms with Gasteiger partial charge in [-0.1, -0.05) is 72.6 Å². The van der Waals surface area contributed by atoms with Crippen LogP contribution in [0.25, 0.3) is 44.5 Å². The van der Waals surface area contributed by atoms with Crippen LogP contribution in [0, 0.1) is 25.9 Å². The Balaban J connectivity index is 0.000000233. The van der Waals surface area contributed by atoms with Crippen LogP contribution in [-0.4, -0.2) is 18.0 Å². The van der Waals surface area contributed by atoms with Crippen LogP contribution < -0.4 is 5.19 Å². The molecule has 193 valence electrons. The molecular formula is C33H30IrN2OSi-2. The summed E-state index contributed by atoms with van der Waals surface area (Å²) in [6, 6.07) is 31.6. The number of hydrogen-bond acceptors (Lipinski definition) is 3. The average molecular weight is 694 g/mol. The Kier molecular flexibility index (Phi) is 7.22. The summed E-state index contributed by atoms with van der Waals surface area (Å²) in [5.74, 6) is 0. The van der Waals surface area contributed by atoms with E-state index in [1.54, 1.807) is 6.07 Å². The second kappa shape index (κ2) is 11.6. The maximum Gasteiger partial charge on any atom is 0.120 e. The number of benzene rings is 3. The summed E-state index contributed by atoms with van der Waals surface area (Å²) in [5, 5.41) is 3.45. The van der Waals surface area contributed by atoms with Crippen molar-refractivity contribution in [2.24, 2.45) is 0 Å². The number of rotatable bonds is 3. The number of hydrogen-bond donors (Lipinski definition) is 0. The summed E-state index contributed by atoms with van der Waals surface area (Å²) in [4.78, 5) is 8.72. The molecule has 1 radical (unpaired) electrons. The van der Waals surface area contributed by atoms with E-state index in [2.05, 4.69) is 53.9 Å². The minimum Gasteiger partial charge on any atom is -0.501 e. The molecule has 0 saturated carbocycles. The number of fused-ring (bicyclic) bond motifs is 3. The van der Waals surface area contributed by atoms with E-state index in [0.717, 1.165) is 33.2 Å². The van der Waals surface area contributed by atoms with Gasteiger partial charge in [-0.05, 0) is 42.9 Å². The minimum absolute atomic E-state index is 0. The quantitative estimate of drug-likeness (QED) is 0.139. The molecule has 0 spiro atoms. The number of pyridine rings is 2. The van der Waals surface area contributed by atoms with Gasteiger partial charge in [-0.2, -0.15) is 0 Å². The van der Waals surface area contributed by atoms with Gasteiger partial charge in [-0.15, -0.1) is 53.2 Å². The SMILES string of the molecule is Cc1ccc(-c2[c-]cccc2)nc1.[2H]C([2H])([2H])c1ccnc(-c2[c-]cc([Si](C)(C)C)c3c2oc2ccccc23)c1.[Ir]. The molecule has 0 bridgehead atoms. The average Bonchev–Trinajstić information content (AvgIpc) is 3.32. The monoisotopic (exact) mass is 694 g/mol.